The maximum absolute atomic E-state index is 11.2. The zero-order valence-electron chi connectivity index (χ0n) is 14.1. The summed E-state index contributed by atoms with van der Waals surface area (Å²) in [4.78, 5) is 20.0. The number of guanidine groups is 1. The van der Waals surface area contributed by atoms with Gasteiger partial charge in [-0.15, -0.1) is 0 Å². The first-order valence-electron chi connectivity index (χ1n) is 8.48. The predicted octanol–water partition coefficient (Wildman–Crippen LogP) is 0.805. The van der Waals surface area contributed by atoms with E-state index in [1.165, 1.54) is 0 Å². The van der Waals surface area contributed by atoms with E-state index >= 15 is 0 Å². The van der Waals surface area contributed by atoms with Crippen LogP contribution < -0.4 is 16.0 Å². The number of carbonyl (C=O) groups excluding carboxylic acids is 1. The first-order chi connectivity index (χ1) is 11.2. The van der Waals surface area contributed by atoms with Crippen molar-refractivity contribution in [2.45, 2.75) is 52.1 Å². The molecule has 128 valence electrons. The Kier molecular flexibility index (Phi) is 6.90. The van der Waals surface area contributed by atoms with Crippen LogP contribution in [0, 0.1) is 6.92 Å². The second-order valence-corrected chi connectivity index (χ2v) is 5.82. The molecular weight excluding hydrogens is 292 g/mol. The molecule has 1 saturated heterocycles. The number of aryl methyl sites for hydroxylation is 2. The van der Waals surface area contributed by atoms with Gasteiger partial charge in [-0.1, -0.05) is 0 Å². The molecule has 0 aliphatic carbocycles. The quantitative estimate of drug-likeness (QED) is 0.394. The summed E-state index contributed by atoms with van der Waals surface area (Å²) in [5.41, 5.74) is 0. The third-order valence-corrected chi connectivity index (χ3v) is 3.95. The monoisotopic (exact) mass is 320 g/mol. The van der Waals surface area contributed by atoms with Crippen molar-refractivity contribution in [2.75, 3.05) is 19.6 Å². The number of hydrogen-bond acceptors (Lipinski definition) is 3. The van der Waals surface area contributed by atoms with E-state index < -0.39 is 0 Å². The van der Waals surface area contributed by atoms with Crippen molar-refractivity contribution in [3.8, 4) is 0 Å². The van der Waals surface area contributed by atoms with Crippen molar-refractivity contribution in [2.24, 2.45) is 4.99 Å². The maximum Gasteiger partial charge on any atom is 0.220 e. The molecule has 7 heteroatoms. The van der Waals surface area contributed by atoms with Crippen LogP contribution >= 0.6 is 0 Å². The lowest BCUT2D eigenvalue weighted by atomic mass is 10.1. The molecule has 1 fully saturated rings. The summed E-state index contributed by atoms with van der Waals surface area (Å²) in [7, 11) is 0. The predicted molar refractivity (Wildman–Crippen MR) is 91.3 cm³/mol. The lowest BCUT2D eigenvalue weighted by molar-refractivity contribution is -0.122. The zero-order valence-corrected chi connectivity index (χ0v) is 14.1. The van der Waals surface area contributed by atoms with Crippen LogP contribution in [0.5, 0.6) is 0 Å². The van der Waals surface area contributed by atoms with Crippen molar-refractivity contribution in [1.82, 2.24) is 25.5 Å². The fraction of sp³-hybridized carbons (Fsp3) is 0.688. The van der Waals surface area contributed by atoms with Crippen molar-refractivity contribution in [3.63, 3.8) is 0 Å². The number of nitrogens with one attached hydrogen (secondary N) is 3. The Hall–Kier alpha value is -2.05. The van der Waals surface area contributed by atoms with E-state index in [1.807, 2.05) is 19.3 Å². The summed E-state index contributed by atoms with van der Waals surface area (Å²) in [6.45, 7) is 7.36. The molecule has 23 heavy (non-hydrogen) atoms. The molecule has 1 amide bonds. The fourth-order valence-electron chi connectivity index (χ4n) is 2.59. The van der Waals surface area contributed by atoms with E-state index in [9.17, 15) is 4.79 Å². The topological polar surface area (TPSA) is 83.3 Å². The number of rotatable bonds is 7. The molecule has 1 aliphatic heterocycles. The van der Waals surface area contributed by atoms with Crippen LogP contribution in [0.1, 0.15) is 38.4 Å². The Bertz CT molecular complexity index is 514. The maximum atomic E-state index is 11.2. The standard InChI is InChI=1S/C16H28N6O/c1-3-17-16(21-14-6-7-15(23)20-12-14)19-8-4-5-10-22-11-9-18-13(22)2/h9,11,14H,3-8,10,12H2,1-2H3,(H,20,23)(H2,17,19,21). The van der Waals surface area contributed by atoms with Crippen molar-refractivity contribution in [1.29, 1.82) is 0 Å². The largest absolute Gasteiger partial charge is 0.357 e. The van der Waals surface area contributed by atoms with Gasteiger partial charge >= 0.3 is 0 Å². The minimum atomic E-state index is 0.139. The van der Waals surface area contributed by atoms with Crippen molar-refractivity contribution in [3.05, 3.63) is 18.2 Å². The third-order valence-electron chi connectivity index (χ3n) is 3.95. The van der Waals surface area contributed by atoms with Gasteiger partial charge in [0.25, 0.3) is 0 Å². The summed E-state index contributed by atoms with van der Waals surface area (Å²) >= 11 is 0. The summed E-state index contributed by atoms with van der Waals surface area (Å²) < 4.78 is 2.16. The number of unbranched alkanes of at least 4 members (excludes halogenated alkanes) is 1. The van der Waals surface area contributed by atoms with Gasteiger partial charge in [0.15, 0.2) is 5.96 Å². The number of aromatic nitrogens is 2. The van der Waals surface area contributed by atoms with E-state index in [-0.39, 0.29) is 11.9 Å². The molecule has 1 aromatic heterocycles. The van der Waals surface area contributed by atoms with E-state index in [0.29, 0.717) is 13.0 Å². The smallest absolute Gasteiger partial charge is 0.220 e. The molecule has 2 heterocycles. The van der Waals surface area contributed by atoms with E-state index in [0.717, 1.165) is 50.7 Å². The van der Waals surface area contributed by atoms with Crippen LogP contribution in [0.25, 0.3) is 0 Å². The lowest BCUT2D eigenvalue weighted by Gasteiger charge is -2.25. The molecule has 1 aliphatic rings. The molecule has 0 spiro atoms. The van der Waals surface area contributed by atoms with Gasteiger partial charge in [0, 0.05) is 51.0 Å². The summed E-state index contributed by atoms with van der Waals surface area (Å²) in [5, 5.41) is 9.55. The Morgan fingerprint density at radius 2 is 2.39 bits per heavy atom. The van der Waals surface area contributed by atoms with E-state index in [2.05, 4.69) is 37.4 Å². The number of piperidine rings is 1. The minimum absolute atomic E-state index is 0.139. The Morgan fingerprint density at radius 1 is 1.52 bits per heavy atom. The highest BCUT2D eigenvalue weighted by Crippen LogP contribution is 2.03. The van der Waals surface area contributed by atoms with Crippen LogP contribution in [-0.4, -0.2) is 47.1 Å². The summed E-state index contributed by atoms with van der Waals surface area (Å²) in [5.74, 6) is 2.04. The Balaban J connectivity index is 1.70. The Labute approximate surface area is 138 Å². The second-order valence-electron chi connectivity index (χ2n) is 5.82. The average Bonchev–Trinajstić information content (AvgIpc) is 2.94. The molecule has 1 aromatic rings. The molecule has 0 radical (unpaired) electrons. The number of imidazole rings is 1. The summed E-state index contributed by atoms with van der Waals surface area (Å²) in [6, 6.07) is 0.263. The van der Waals surface area contributed by atoms with Crippen LogP contribution in [0.4, 0.5) is 0 Å². The van der Waals surface area contributed by atoms with Gasteiger partial charge in [0.05, 0.1) is 0 Å². The molecule has 0 bridgehead atoms. The van der Waals surface area contributed by atoms with Crippen molar-refractivity contribution < 1.29 is 4.79 Å². The zero-order chi connectivity index (χ0) is 16.5. The van der Waals surface area contributed by atoms with Crippen LogP contribution in [0.2, 0.25) is 0 Å². The molecule has 0 aromatic carbocycles. The molecule has 2 rings (SSSR count). The summed E-state index contributed by atoms with van der Waals surface area (Å²) in [6.07, 6.45) is 7.41. The van der Waals surface area contributed by atoms with Gasteiger partial charge in [-0.25, -0.2) is 4.98 Å². The number of amides is 1. The molecule has 7 nitrogen and oxygen atoms in total. The molecular formula is C16H28N6O. The molecule has 1 atom stereocenters. The molecule has 0 saturated carbocycles. The third kappa shape index (κ3) is 5.92. The number of nitrogens with zero attached hydrogens (tertiary/aromatic N) is 3. The number of carbonyl (C=O) groups is 1. The Morgan fingerprint density at radius 3 is 3.04 bits per heavy atom. The highest BCUT2D eigenvalue weighted by molar-refractivity contribution is 5.81. The van der Waals surface area contributed by atoms with Crippen LogP contribution in [0.3, 0.4) is 0 Å². The van der Waals surface area contributed by atoms with Gasteiger partial charge in [0.1, 0.15) is 5.82 Å². The fourth-order valence-corrected chi connectivity index (χ4v) is 2.59. The van der Waals surface area contributed by atoms with Crippen LogP contribution in [0.15, 0.2) is 17.4 Å². The lowest BCUT2D eigenvalue weighted by Crippen LogP contribution is -2.51. The van der Waals surface area contributed by atoms with E-state index in [1.54, 1.807) is 0 Å². The van der Waals surface area contributed by atoms with Gasteiger partial charge < -0.3 is 20.5 Å². The van der Waals surface area contributed by atoms with Crippen LogP contribution in [-0.2, 0) is 11.3 Å². The van der Waals surface area contributed by atoms with Gasteiger partial charge in [0.2, 0.25) is 5.91 Å². The first kappa shape index (κ1) is 17.3. The second kappa shape index (κ2) is 9.17. The number of aliphatic imine (C=N–C) groups is 1. The molecule has 3 N–H and O–H groups in total. The normalized spacial score (nSPS) is 18.6. The van der Waals surface area contributed by atoms with Gasteiger partial charge in [-0.2, -0.15) is 0 Å². The highest BCUT2D eigenvalue weighted by Gasteiger charge is 2.18. The van der Waals surface area contributed by atoms with Crippen molar-refractivity contribution >= 4 is 11.9 Å². The minimum Gasteiger partial charge on any atom is -0.357 e. The van der Waals surface area contributed by atoms with E-state index in [4.69, 9.17) is 0 Å². The SMILES string of the molecule is CCNC(=NCCCCn1ccnc1C)NC1CCC(=O)NC1. The average molecular weight is 320 g/mol. The molecule has 1 unspecified atom stereocenters. The van der Waals surface area contributed by atoms with Gasteiger partial charge in [-0.05, 0) is 33.1 Å². The first-order valence-corrected chi connectivity index (χ1v) is 8.48. The number of hydrogen-bond donors (Lipinski definition) is 3. The van der Waals surface area contributed by atoms with Gasteiger partial charge in [-0.3, -0.25) is 9.79 Å². The highest BCUT2D eigenvalue weighted by atomic mass is 16.1.